The van der Waals surface area contributed by atoms with Crippen LogP contribution in [-0.2, 0) is 28.6 Å². The Balaban J connectivity index is 1.56. The fraction of sp³-hybridized carbons (Fsp3) is 0.576. The maximum absolute atomic E-state index is 13.9. The van der Waals surface area contributed by atoms with Crippen LogP contribution < -0.4 is 10.2 Å². The zero-order chi connectivity index (χ0) is 34.0. The number of amides is 2. The van der Waals surface area contributed by atoms with E-state index < -0.39 is 29.7 Å². The van der Waals surface area contributed by atoms with Crippen LogP contribution in [0.15, 0.2) is 36.4 Å². The van der Waals surface area contributed by atoms with Crippen molar-refractivity contribution < 1.29 is 38.2 Å². The molecule has 0 aliphatic carbocycles. The van der Waals surface area contributed by atoms with Gasteiger partial charge in [-0.05, 0) is 47.0 Å². The van der Waals surface area contributed by atoms with Gasteiger partial charge in [-0.2, -0.15) is 0 Å². The van der Waals surface area contributed by atoms with E-state index in [1.165, 1.54) is 5.06 Å². The molecular weight excluding hydrogens is 608 g/mol. The number of esters is 1. The highest BCUT2D eigenvalue weighted by molar-refractivity contribution is 5.97. The van der Waals surface area contributed by atoms with Gasteiger partial charge in [-0.1, -0.05) is 30.3 Å². The average Bonchev–Trinajstić information content (AvgIpc) is 3.51. The Bertz CT molecular complexity index is 1380. The Kier molecular flexibility index (Phi) is 12.5. The molecule has 256 valence electrons. The van der Waals surface area contributed by atoms with Gasteiger partial charge >= 0.3 is 12.1 Å². The molecule has 2 fully saturated rings. The summed E-state index contributed by atoms with van der Waals surface area (Å²) in [5, 5.41) is 4.28. The second-order valence-electron chi connectivity index (χ2n) is 12.4. The van der Waals surface area contributed by atoms with E-state index in [9.17, 15) is 19.2 Å². The Labute approximate surface area is 275 Å². The summed E-state index contributed by atoms with van der Waals surface area (Å²) in [4.78, 5) is 70.4. The molecule has 0 bridgehead atoms. The van der Waals surface area contributed by atoms with Gasteiger partial charge in [-0.15, -0.1) is 5.06 Å². The van der Waals surface area contributed by atoms with Crippen molar-refractivity contribution in [3.8, 4) is 11.4 Å². The lowest BCUT2D eigenvalue weighted by molar-refractivity contribution is -0.158. The first kappa shape index (κ1) is 35.6. The molecule has 1 N–H and O–H groups in total. The third-order valence-electron chi connectivity index (χ3n) is 7.68. The maximum Gasteiger partial charge on any atom is 0.527 e. The monoisotopic (exact) mass is 654 g/mol. The van der Waals surface area contributed by atoms with E-state index in [4.69, 9.17) is 24.0 Å². The van der Waals surface area contributed by atoms with Crippen molar-refractivity contribution in [3.63, 3.8) is 0 Å². The zero-order valence-corrected chi connectivity index (χ0v) is 27.9. The number of hydrogen-bond donors (Lipinski definition) is 1. The van der Waals surface area contributed by atoms with E-state index in [0.717, 1.165) is 24.9 Å². The fourth-order valence-corrected chi connectivity index (χ4v) is 5.53. The number of benzene rings is 1. The normalized spacial score (nSPS) is 17.6. The van der Waals surface area contributed by atoms with Crippen LogP contribution in [0, 0.1) is 0 Å². The predicted molar refractivity (Wildman–Crippen MR) is 172 cm³/mol. The third kappa shape index (κ3) is 10.3. The van der Waals surface area contributed by atoms with Gasteiger partial charge < -0.3 is 34.2 Å². The van der Waals surface area contributed by atoms with E-state index in [1.807, 2.05) is 30.3 Å². The molecule has 0 radical (unpaired) electrons. The Hall–Kier alpha value is -4.30. The number of anilines is 1. The van der Waals surface area contributed by atoms with Crippen LogP contribution in [-0.4, -0.2) is 115 Å². The number of methoxy groups -OCH3 is 1. The summed E-state index contributed by atoms with van der Waals surface area (Å²) >= 11 is 0. The van der Waals surface area contributed by atoms with Gasteiger partial charge in [0.2, 0.25) is 5.91 Å². The highest BCUT2D eigenvalue weighted by Gasteiger charge is 2.33. The van der Waals surface area contributed by atoms with Crippen molar-refractivity contribution in [1.82, 2.24) is 25.2 Å². The Morgan fingerprint density at radius 1 is 1.02 bits per heavy atom. The minimum atomic E-state index is -1.04. The van der Waals surface area contributed by atoms with Gasteiger partial charge in [0.05, 0.1) is 32.3 Å². The van der Waals surface area contributed by atoms with Crippen molar-refractivity contribution >= 4 is 29.8 Å². The molecule has 1 aromatic heterocycles. The summed E-state index contributed by atoms with van der Waals surface area (Å²) in [6.07, 6.45) is 1.01. The van der Waals surface area contributed by atoms with Crippen LogP contribution in [0.2, 0.25) is 0 Å². The second-order valence-corrected chi connectivity index (χ2v) is 12.4. The standard InChI is InChI=1S/C33H46N6O8/c1-6-45-32(43)47-38-19-17-37(18-20-38)31(42)25(14-15-28(40)46-33(2,3)4)35-30(41)26-21-27(39-16-10-13-24(39)22-44-5)36-29(34-26)23-11-8-7-9-12-23/h7-9,11-12,21,24-25H,6,10,13-20,22H2,1-5H3,(H,35,41)/t24-,25-/m0/s1. The van der Waals surface area contributed by atoms with Crippen LogP contribution in [0.1, 0.15) is 63.9 Å². The zero-order valence-electron chi connectivity index (χ0n) is 27.9. The van der Waals surface area contributed by atoms with E-state index in [-0.39, 0.29) is 63.3 Å². The molecule has 0 saturated carbocycles. The van der Waals surface area contributed by atoms with Gasteiger partial charge in [0, 0.05) is 44.8 Å². The third-order valence-corrected chi connectivity index (χ3v) is 7.68. The molecule has 3 heterocycles. The van der Waals surface area contributed by atoms with Crippen molar-refractivity contribution in [3.05, 3.63) is 42.1 Å². The van der Waals surface area contributed by atoms with Gasteiger partial charge in [-0.3, -0.25) is 14.4 Å². The summed E-state index contributed by atoms with van der Waals surface area (Å²) in [5.74, 6) is -0.440. The summed E-state index contributed by atoms with van der Waals surface area (Å²) in [6.45, 7) is 9.42. The molecule has 2 aliphatic rings. The molecule has 2 aromatic rings. The molecule has 2 saturated heterocycles. The highest BCUT2D eigenvalue weighted by Crippen LogP contribution is 2.27. The molecule has 2 aliphatic heterocycles. The first-order chi connectivity index (χ1) is 22.5. The summed E-state index contributed by atoms with van der Waals surface area (Å²) in [5.41, 5.74) is 0.141. The molecule has 4 rings (SSSR count). The summed E-state index contributed by atoms with van der Waals surface area (Å²) < 4.78 is 15.7. The van der Waals surface area contributed by atoms with Gasteiger partial charge in [0.1, 0.15) is 23.2 Å². The van der Waals surface area contributed by atoms with Gasteiger partial charge in [-0.25, -0.2) is 14.8 Å². The van der Waals surface area contributed by atoms with Crippen LogP contribution in [0.4, 0.5) is 10.6 Å². The molecular formula is C33H46N6O8. The number of aromatic nitrogens is 2. The lowest BCUT2D eigenvalue weighted by Gasteiger charge is -2.35. The SMILES string of the molecule is CCOC(=O)ON1CCN(C(=O)[C@H](CCC(=O)OC(C)(C)C)NC(=O)c2cc(N3CCC[C@H]3COC)nc(-c3ccccc3)n2)CC1. The van der Waals surface area contributed by atoms with Crippen molar-refractivity contribution in [2.24, 2.45) is 0 Å². The van der Waals surface area contributed by atoms with Crippen molar-refractivity contribution in [2.75, 3.05) is 57.9 Å². The number of carbonyl (C=O) groups excluding carboxylic acids is 4. The molecule has 1 aromatic carbocycles. The molecule has 14 heteroatoms. The number of carbonyl (C=O) groups is 4. The van der Waals surface area contributed by atoms with E-state index in [0.29, 0.717) is 18.2 Å². The van der Waals surface area contributed by atoms with Crippen molar-refractivity contribution in [1.29, 1.82) is 0 Å². The lowest BCUT2D eigenvalue weighted by Crippen LogP contribution is -2.55. The number of nitrogens with one attached hydrogen (secondary N) is 1. The minimum Gasteiger partial charge on any atom is -0.460 e. The molecule has 0 unspecified atom stereocenters. The number of piperazine rings is 1. The smallest absolute Gasteiger partial charge is 0.460 e. The van der Waals surface area contributed by atoms with Crippen molar-refractivity contribution in [2.45, 2.75) is 71.1 Å². The quantitative estimate of drug-likeness (QED) is 0.335. The molecule has 2 atom stereocenters. The predicted octanol–water partition coefficient (Wildman–Crippen LogP) is 3.21. The molecule has 47 heavy (non-hydrogen) atoms. The van der Waals surface area contributed by atoms with Crippen LogP contribution in [0.25, 0.3) is 11.4 Å². The van der Waals surface area contributed by atoms with E-state index in [1.54, 1.807) is 45.8 Å². The Morgan fingerprint density at radius 2 is 1.74 bits per heavy atom. The first-order valence-electron chi connectivity index (χ1n) is 16.1. The van der Waals surface area contributed by atoms with Gasteiger partial charge in [0.15, 0.2) is 5.82 Å². The molecule has 0 spiro atoms. The van der Waals surface area contributed by atoms with Crippen LogP contribution in [0.3, 0.4) is 0 Å². The Morgan fingerprint density at radius 3 is 2.40 bits per heavy atom. The maximum atomic E-state index is 13.9. The minimum absolute atomic E-state index is 0.0184. The van der Waals surface area contributed by atoms with Crippen LogP contribution >= 0.6 is 0 Å². The number of nitrogens with zero attached hydrogens (tertiary/aromatic N) is 5. The average molecular weight is 655 g/mol. The number of ether oxygens (including phenoxy) is 3. The molecule has 14 nitrogen and oxygen atoms in total. The largest absolute Gasteiger partial charge is 0.527 e. The second kappa shape index (κ2) is 16.5. The number of hydrogen-bond acceptors (Lipinski definition) is 12. The lowest BCUT2D eigenvalue weighted by atomic mass is 10.1. The van der Waals surface area contributed by atoms with E-state index >= 15 is 0 Å². The van der Waals surface area contributed by atoms with Gasteiger partial charge in [0.25, 0.3) is 5.91 Å². The fourth-order valence-electron chi connectivity index (χ4n) is 5.53. The molecule has 2 amide bonds. The van der Waals surface area contributed by atoms with E-state index in [2.05, 4.69) is 15.2 Å². The number of rotatable bonds is 12. The highest BCUT2D eigenvalue weighted by atomic mass is 16.8. The van der Waals surface area contributed by atoms with Crippen LogP contribution in [0.5, 0.6) is 0 Å². The number of hydroxylamine groups is 2. The first-order valence-corrected chi connectivity index (χ1v) is 16.1. The topological polar surface area (TPSA) is 153 Å². The summed E-state index contributed by atoms with van der Waals surface area (Å²) in [7, 11) is 1.66. The summed E-state index contributed by atoms with van der Waals surface area (Å²) in [6, 6.07) is 10.1.